The molecular formula is C11H23N3O. The van der Waals surface area contributed by atoms with Crippen LogP contribution in [0.1, 0.15) is 6.92 Å². The van der Waals surface area contributed by atoms with Gasteiger partial charge in [-0.1, -0.05) is 6.92 Å². The van der Waals surface area contributed by atoms with E-state index in [4.69, 9.17) is 10.5 Å². The lowest BCUT2D eigenvalue weighted by Crippen LogP contribution is -2.45. The Bertz CT molecular complexity index is 199. The van der Waals surface area contributed by atoms with Crippen LogP contribution in [0.25, 0.3) is 0 Å². The quantitative estimate of drug-likeness (QED) is 0.677. The van der Waals surface area contributed by atoms with Crippen molar-refractivity contribution in [3.63, 3.8) is 0 Å². The molecule has 0 aromatic carbocycles. The maximum Gasteiger partial charge on any atom is 0.0829 e. The van der Waals surface area contributed by atoms with Crippen LogP contribution in [-0.2, 0) is 4.74 Å². The first-order valence-corrected chi connectivity index (χ1v) is 5.93. The van der Waals surface area contributed by atoms with E-state index < -0.39 is 0 Å². The Morgan fingerprint density at radius 1 is 1.33 bits per heavy atom. The third kappa shape index (κ3) is 2.91. The normalized spacial score (nSPS) is 39.8. The number of likely N-dealkylation sites (tertiary alicyclic amines) is 1. The number of ether oxygens (including phenoxy) is 1. The van der Waals surface area contributed by atoms with Crippen LogP contribution in [0.3, 0.4) is 0 Å². The maximum absolute atomic E-state index is 6.01. The van der Waals surface area contributed by atoms with Crippen molar-refractivity contribution < 1.29 is 4.74 Å². The predicted molar refractivity (Wildman–Crippen MR) is 60.8 cm³/mol. The van der Waals surface area contributed by atoms with Crippen LogP contribution in [0.2, 0.25) is 0 Å². The van der Waals surface area contributed by atoms with Crippen LogP contribution in [0.15, 0.2) is 0 Å². The Labute approximate surface area is 92.4 Å². The van der Waals surface area contributed by atoms with Crippen molar-refractivity contribution in [2.24, 2.45) is 11.7 Å². The molecule has 0 saturated carbocycles. The molecule has 2 fully saturated rings. The minimum Gasteiger partial charge on any atom is -0.374 e. The monoisotopic (exact) mass is 213 g/mol. The predicted octanol–water partition coefficient (Wildman–Crippen LogP) is -0.404. The Hall–Kier alpha value is -0.160. The number of hydrogen-bond acceptors (Lipinski definition) is 4. The van der Waals surface area contributed by atoms with E-state index in [0.29, 0.717) is 18.1 Å². The number of nitrogens with zero attached hydrogens (tertiary/aromatic N) is 2. The minimum atomic E-state index is 0.353. The number of rotatable bonds is 2. The van der Waals surface area contributed by atoms with E-state index in [9.17, 15) is 0 Å². The van der Waals surface area contributed by atoms with Crippen LogP contribution in [0.4, 0.5) is 0 Å². The van der Waals surface area contributed by atoms with Crippen molar-refractivity contribution in [3.05, 3.63) is 0 Å². The zero-order chi connectivity index (χ0) is 10.8. The van der Waals surface area contributed by atoms with Gasteiger partial charge in [0.15, 0.2) is 0 Å². The van der Waals surface area contributed by atoms with Gasteiger partial charge in [0.25, 0.3) is 0 Å². The van der Waals surface area contributed by atoms with E-state index in [1.54, 1.807) is 0 Å². The summed E-state index contributed by atoms with van der Waals surface area (Å²) in [6, 6.07) is 0.353. The number of nitrogens with two attached hydrogens (primary N) is 1. The number of morpholine rings is 1. The fraction of sp³-hybridized carbons (Fsp3) is 1.00. The molecule has 0 aliphatic carbocycles. The lowest BCUT2D eigenvalue weighted by molar-refractivity contribution is -0.0331. The zero-order valence-electron chi connectivity index (χ0n) is 9.85. The summed E-state index contributed by atoms with van der Waals surface area (Å²) in [6.07, 6.45) is 0.376. The average molecular weight is 213 g/mol. The third-order valence-corrected chi connectivity index (χ3v) is 3.55. The Balaban J connectivity index is 1.77. The smallest absolute Gasteiger partial charge is 0.0829 e. The number of hydrogen-bond donors (Lipinski definition) is 1. The molecule has 2 aliphatic heterocycles. The molecule has 0 aromatic rings. The second kappa shape index (κ2) is 4.78. The van der Waals surface area contributed by atoms with Crippen molar-refractivity contribution >= 4 is 0 Å². The van der Waals surface area contributed by atoms with Crippen LogP contribution in [-0.4, -0.2) is 68.3 Å². The van der Waals surface area contributed by atoms with Crippen molar-refractivity contribution in [1.29, 1.82) is 0 Å². The van der Waals surface area contributed by atoms with Crippen molar-refractivity contribution in [2.75, 3.05) is 46.4 Å². The van der Waals surface area contributed by atoms with Gasteiger partial charge in [-0.15, -0.1) is 0 Å². The van der Waals surface area contributed by atoms with Gasteiger partial charge in [0.05, 0.1) is 12.7 Å². The van der Waals surface area contributed by atoms with Crippen molar-refractivity contribution in [2.45, 2.75) is 19.1 Å². The van der Waals surface area contributed by atoms with E-state index in [1.165, 1.54) is 0 Å². The highest BCUT2D eigenvalue weighted by Gasteiger charge is 2.29. The molecule has 2 aliphatic rings. The van der Waals surface area contributed by atoms with E-state index >= 15 is 0 Å². The standard InChI is InChI=1S/C11H23N3O/c1-9-5-14(8-11(9)12)7-10-6-13(2)3-4-15-10/h9-11H,3-8,12H2,1-2H3. The van der Waals surface area contributed by atoms with E-state index in [1.807, 2.05) is 0 Å². The summed E-state index contributed by atoms with van der Waals surface area (Å²) < 4.78 is 5.76. The van der Waals surface area contributed by atoms with Gasteiger partial charge in [0, 0.05) is 38.8 Å². The molecule has 0 spiro atoms. The fourth-order valence-corrected chi connectivity index (χ4v) is 2.51. The van der Waals surface area contributed by atoms with Crippen LogP contribution < -0.4 is 5.73 Å². The highest BCUT2D eigenvalue weighted by atomic mass is 16.5. The fourth-order valence-electron chi connectivity index (χ4n) is 2.51. The molecule has 0 amide bonds. The van der Waals surface area contributed by atoms with Crippen LogP contribution in [0, 0.1) is 5.92 Å². The van der Waals surface area contributed by atoms with Gasteiger partial charge >= 0.3 is 0 Å². The molecule has 4 heteroatoms. The highest BCUT2D eigenvalue weighted by molar-refractivity contribution is 4.86. The largest absolute Gasteiger partial charge is 0.374 e. The van der Waals surface area contributed by atoms with Crippen LogP contribution >= 0.6 is 0 Å². The minimum absolute atomic E-state index is 0.353. The zero-order valence-corrected chi connectivity index (χ0v) is 9.85. The summed E-state index contributed by atoms with van der Waals surface area (Å²) >= 11 is 0. The summed E-state index contributed by atoms with van der Waals surface area (Å²) in [5, 5.41) is 0. The van der Waals surface area contributed by atoms with Gasteiger partial charge in [-0.2, -0.15) is 0 Å². The molecule has 2 heterocycles. The molecule has 3 atom stereocenters. The first kappa shape index (κ1) is 11.3. The topological polar surface area (TPSA) is 41.7 Å². The summed E-state index contributed by atoms with van der Waals surface area (Å²) in [6.45, 7) is 8.43. The maximum atomic E-state index is 6.01. The lowest BCUT2D eigenvalue weighted by Gasteiger charge is -2.32. The SMILES string of the molecule is CC1CN(CC2CN(C)CCO2)CC1N. The van der Waals surface area contributed by atoms with Gasteiger partial charge < -0.3 is 15.4 Å². The first-order valence-electron chi connectivity index (χ1n) is 5.93. The summed E-state index contributed by atoms with van der Waals surface area (Å²) in [5.41, 5.74) is 6.01. The molecule has 0 bridgehead atoms. The molecule has 88 valence electrons. The molecule has 4 nitrogen and oxygen atoms in total. The Kier molecular flexibility index (Phi) is 3.61. The highest BCUT2D eigenvalue weighted by Crippen LogP contribution is 2.16. The van der Waals surface area contributed by atoms with Crippen molar-refractivity contribution in [1.82, 2.24) is 9.80 Å². The van der Waals surface area contributed by atoms with Gasteiger partial charge in [0.2, 0.25) is 0 Å². The van der Waals surface area contributed by atoms with E-state index in [0.717, 1.165) is 39.3 Å². The Morgan fingerprint density at radius 2 is 2.13 bits per heavy atom. The molecule has 0 aromatic heterocycles. The third-order valence-electron chi connectivity index (χ3n) is 3.55. The molecule has 2 N–H and O–H groups in total. The molecule has 2 rings (SSSR count). The number of likely N-dealkylation sites (N-methyl/N-ethyl adjacent to an activating group) is 1. The second-order valence-electron chi connectivity index (χ2n) is 5.11. The van der Waals surface area contributed by atoms with E-state index in [2.05, 4.69) is 23.8 Å². The molecule has 2 saturated heterocycles. The molecule has 0 radical (unpaired) electrons. The van der Waals surface area contributed by atoms with Gasteiger partial charge in [-0.25, -0.2) is 0 Å². The van der Waals surface area contributed by atoms with Crippen molar-refractivity contribution in [3.8, 4) is 0 Å². The summed E-state index contributed by atoms with van der Waals surface area (Å²) in [4.78, 5) is 4.78. The summed E-state index contributed by atoms with van der Waals surface area (Å²) in [7, 11) is 2.16. The Morgan fingerprint density at radius 3 is 2.73 bits per heavy atom. The molecule has 3 unspecified atom stereocenters. The van der Waals surface area contributed by atoms with Gasteiger partial charge in [-0.05, 0) is 13.0 Å². The first-order chi connectivity index (χ1) is 7.15. The van der Waals surface area contributed by atoms with Crippen LogP contribution in [0.5, 0.6) is 0 Å². The van der Waals surface area contributed by atoms with Gasteiger partial charge in [0.1, 0.15) is 0 Å². The summed E-state index contributed by atoms with van der Waals surface area (Å²) in [5.74, 6) is 0.631. The second-order valence-corrected chi connectivity index (χ2v) is 5.11. The van der Waals surface area contributed by atoms with E-state index in [-0.39, 0.29) is 0 Å². The average Bonchev–Trinajstić information content (AvgIpc) is 2.45. The van der Waals surface area contributed by atoms with Gasteiger partial charge in [-0.3, -0.25) is 4.90 Å². The molecular weight excluding hydrogens is 190 g/mol. The lowest BCUT2D eigenvalue weighted by atomic mass is 10.1. The molecule has 15 heavy (non-hydrogen) atoms.